The van der Waals surface area contributed by atoms with Gasteiger partial charge in [-0.1, -0.05) is 66.2 Å². The Kier molecular flexibility index (Phi) is 6.31. The Labute approximate surface area is 210 Å². The van der Waals surface area contributed by atoms with E-state index in [1.807, 2.05) is 54.6 Å². The van der Waals surface area contributed by atoms with Crippen LogP contribution in [0, 0.1) is 0 Å². The van der Waals surface area contributed by atoms with Crippen molar-refractivity contribution in [2.24, 2.45) is 4.99 Å². The van der Waals surface area contributed by atoms with Crippen molar-refractivity contribution in [3.63, 3.8) is 0 Å². The van der Waals surface area contributed by atoms with Crippen LogP contribution in [0.3, 0.4) is 0 Å². The van der Waals surface area contributed by atoms with Gasteiger partial charge in [0, 0.05) is 21.9 Å². The number of ether oxygens (including phenoxy) is 2. The molecule has 5 rings (SSSR count). The van der Waals surface area contributed by atoms with Gasteiger partial charge in [0.25, 0.3) is 0 Å². The molecule has 0 saturated heterocycles. The van der Waals surface area contributed by atoms with Gasteiger partial charge in [-0.2, -0.15) is 0 Å². The Morgan fingerprint density at radius 3 is 2.46 bits per heavy atom. The van der Waals surface area contributed by atoms with E-state index in [1.54, 1.807) is 36.5 Å². The first kappa shape index (κ1) is 22.8. The molecule has 0 fully saturated rings. The number of fused-ring (bicyclic) bond motifs is 2. The van der Waals surface area contributed by atoms with Crippen molar-refractivity contribution in [1.29, 1.82) is 0 Å². The van der Waals surface area contributed by atoms with Gasteiger partial charge < -0.3 is 9.47 Å². The van der Waals surface area contributed by atoms with Crippen LogP contribution >= 0.6 is 22.9 Å². The Hall–Kier alpha value is -4.00. The standard InChI is InChI=1S/C28H18ClNO4S/c1-33-27(31)18-8-6-9-19(15-18)30-16-22-20-10-3-2-7-17(20)13-14-23(22)34-28(32)26-25(29)21-11-4-5-12-24(21)35-26/h2-16H,1H3. The SMILES string of the molecule is COC(=O)c1cccc(N=Cc2c(OC(=O)c3sc4ccccc4c3Cl)ccc3ccccc23)c1. The van der Waals surface area contributed by atoms with Crippen molar-refractivity contribution in [2.75, 3.05) is 7.11 Å². The number of hydrogen-bond donors (Lipinski definition) is 0. The van der Waals surface area contributed by atoms with E-state index in [1.165, 1.54) is 18.4 Å². The first-order valence-electron chi connectivity index (χ1n) is 10.7. The number of thiophene rings is 1. The van der Waals surface area contributed by atoms with Crippen LogP contribution in [0.2, 0.25) is 5.02 Å². The van der Waals surface area contributed by atoms with Crippen LogP contribution in [0.25, 0.3) is 20.9 Å². The van der Waals surface area contributed by atoms with Crippen molar-refractivity contribution < 1.29 is 19.1 Å². The highest BCUT2D eigenvalue weighted by molar-refractivity contribution is 7.21. The second kappa shape index (κ2) is 9.70. The quantitative estimate of drug-likeness (QED) is 0.143. The zero-order valence-electron chi connectivity index (χ0n) is 18.5. The van der Waals surface area contributed by atoms with Crippen LogP contribution in [-0.4, -0.2) is 25.3 Å². The monoisotopic (exact) mass is 499 g/mol. The Morgan fingerprint density at radius 1 is 0.886 bits per heavy atom. The summed E-state index contributed by atoms with van der Waals surface area (Å²) in [6, 6.07) is 25.8. The van der Waals surface area contributed by atoms with Crippen LogP contribution in [-0.2, 0) is 4.74 Å². The van der Waals surface area contributed by atoms with Crippen LogP contribution < -0.4 is 4.74 Å². The Morgan fingerprint density at radius 2 is 1.66 bits per heavy atom. The molecule has 0 aliphatic heterocycles. The summed E-state index contributed by atoms with van der Waals surface area (Å²) in [6.07, 6.45) is 1.63. The highest BCUT2D eigenvalue weighted by Crippen LogP contribution is 2.36. The molecule has 0 saturated carbocycles. The molecule has 0 unspecified atom stereocenters. The minimum Gasteiger partial charge on any atom is -0.465 e. The molecule has 0 aliphatic carbocycles. The van der Waals surface area contributed by atoms with Crippen LogP contribution in [0.4, 0.5) is 5.69 Å². The fraction of sp³-hybridized carbons (Fsp3) is 0.0357. The van der Waals surface area contributed by atoms with E-state index in [0.717, 1.165) is 20.9 Å². The fourth-order valence-corrected chi connectivity index (χ4v) is 5.14. The lowest BCUT2D eigenvalue weighted by Gasteiger charge is -2.10. The van der Waals surface area contributed by atoms with E-state index in [-0.39, 0.29) is 0 Å². The van der Waals surface area contributed by atoms with Gasteiger partial charge in [-0.25, -0.2) is 9.59 Å². The van der Waals surface area contributed by atoms with E-state index < -0.39 is 11.9 Å². The summed E-state index contributed by atoms with van der Waals surface area (Å²) in [4.78, 5) is 29.9. The molecule has 0 bridgehead atoms. The van der Waals surface area contributed by atoms with E-state index in [2.05, 4.69) is 4.99 Å². The first-order valence-corrected chi connectivity index (χ1v) is 11.9. The lowest BCUT2D eigenvalue weighted by molar-refractivity contribution is 0.0600. The second-order valence-electron chi connectivity index (χ2n) is 7.63. The largest absolute Gasteiger partial charge is 0.465 e. The highest BCUT2D eigenvalue weighted by atomic mass is 35.5. The molecule has 0 aliphatic rings. The number of hydrogen-bond acceptors (Lipinski definition) is 6. The van der Waals surface area contributed by atoms with Gasteiger partial charge in [-0.15, -0.1) is 11.3 Å². The molecule has 5 aromatic rings. The normalized spacial score (nSPS) is 11.3. The zero-order valence-corrected chi connectivity index (χ0v) is 20.1. The average Bonchev–Trinajstić information content (AvgIpc) is 3.24. The van der Waals surface area contributed by atoms with E-state index in [0.29, 0.717) is 32.5 Å². The molecule has 0 radical (unpaired) electrons. The number of benzene rings is 4. The van der Waals surface area contributed by atoms with E-state index in [9.17, 15) is 9.59 Å². The summed E-state index contributed by atoms with van der Waals surface area (Å²) in [6.45, 7) is 0. The summed E-state index contributed by atoms with van der Waals surface area (Å²) in [5.41, 5.74) is 1.59. The Bertz CT molecular complexity index is 1620. The third-order valence-corrected chi connectivity index (χ3v) is 7.12. The topological polar surface area (TPSA) is 65.0 Å². The van der Waals surface area contributed by atoms with Crippen molar-refractivity contribution >= 4 is 67.6 Å². The number of aliphatic imine (C=N–C) groups is 1. The van der Waals surface area contributed by atoms with Gasteiger partial charge in [0.1, 0.15) is 10.6 Å². The molecule has 0 N–H and O–H groups in total. The number of carbonyl (C=O) groups excluding carboxylic acids is 2. The van der Waals surface area contributed by atoms with Crippen LogP contribution in [0.1, 0.15) is 25.6 Å². The lowest BCUT2D eigenvalue weighted by Crippen LogP contribution is -2.09. The van der Waals surface area contributed by atoms with Gasteiger partial charge in [-0.05, 0) is 41.1 Å². The number of rotatable bonds is 5. The average molecular weight is 500 g/mol. The van der Waals surface area contributed by atoms with Crippen LogP contribution in [0.15, 0.2) is 89.9 Å². The molecule has 0 atom stereocenters. The van der Waals surface area contributed by atoms with Crippen LogP contribution in [0.5, 0.6) is 5.75 Å². The molecule has 7 heteroatoms. The Balaban J connectivity index is 1.54. The second-order valence-corrected chi connectivity index (χ2v) is 9.06. The summed E-state index contributed by atoms with van der Waals surface area (Å²) in [7, 11) is 1.33. The van der Waals surface area contributed by atoms with Gasteiger partial charge in [0.15, 0.2) is 0 Å². The molecule has 172 valence electrons. The maximum absolute atomic E-state index is 13.1. The maximum atomic E-state index is 13.1. The fourth-order valence-electron chi connectivity index (χ4n) is 3.76. The van der Waals surface area contributed by atoms with Gasteiger partial charge in [-0.3, -0.25) is 4.99 Å². The summed E-state index contributed by atoms with van der Waals surface area (Å²) in [5.74, 6) is -0.619. The van der Waals surface area contributed by atoms with Crippen molar-refractivity contribution in [3.8, 4) is 5.75 Å². The van der Waals surface area contributed by atoms with Gasteiger partial charge in [0.2, 0.25) is 0 Å². The maximum Gasteiger partial charge on any atom is 0.355 e. The molecule has 0 spiro atoms. The number of nitrogens with zero attached hydrogens (tertiary/aromatic N) is 1. The lowest BCUT2D eigenvalue weighted by atomic mass is 10.0. The van der Waals surface area contributed by atoms with Crippen molar-refractivity contribution in [3.05, 3.63) is 106 Å². The summed E-state index contributed by atoms with van der Waals surface area (Å²) >= 11 is 7.79. The van der Waals surface area contributed by atoms with Gasteiger partial charge in [0.05, 0.1) is 23.4 Å². The number of esters is 2. The summed E-state index contributed by atoms with van der Waals surface area (Å²) in [5, 5.41) is 3.04. The third-order valence-electron chi connectivity index (χ3n) is 5.46. The third kappa shape index (κ3) is 4.54. The zero-order chi connectivity index (χ0) is 24.4. The molecule has 35 heavy (non-hydrogen) atoms. The molecular weight excluding hydrogens is 482 g/mol. The first-order chi connectivity index (χ1) is 17.0. The number of carbonyl (C=O) groups is 2. The van der Waals surface area contributed by atoms with Gasteiger partial charge >= 0.3 is 11.9 Å². The molecule has 1 aromatic heterocycles. The molecule has 0 amide bonds. The molecule has 5 nitrogen and oxygen atoms in total. The molecule has 4 aromatic carbocycles. The minimum atomic E-state index is -0.534. The van der Waals surface area contributed by atoms with Crippen molar-refractivity contribution in [1.82, 2.24) is 0 Å². The molecule has 1 heterocycles. The van der Waals surface area contributed by atoms with E-state index in [4.69, 9.17) is 21.1 Å². The molecular formula is C28H18ClNO4S. The predicted molar refractivity (Wildman–Crippen MR) is 141 cm³/mol. The van der Waals surface area contributed by atoms with E-state index >= 15 is 0 Å². The highest BCUT2D eigenvalue weighted by Gasteiger charge is 2.20. The number of methoxy groups -OCH3 is 1. The van der Waals surface area contributed by atoms with Crippen molar-refractivity contribution in [2.45, 2.75) is 0 Å². The number of halogens is 1. The minimum absolute atomic E-state index is 0.342. The smallest absolute Gasteiger partial charge is 0.355 e. The predicted octanol–water partition coefficient (Wildman–Crippen LogP) is 7.46. The summed E-state index contributed by atoms with van der Waals surface area (Å²) < 4.78 is 11.5.